The van der Waals surface area contributed by atoms with Crippen molar-refractivity contribution in [2.75, 3.05) is 0 Å². The highest BCUT2D eigenvalue weighted by molar-refractivity contribution is 6.32. The van der Waals surface area contributed by atoms with Gasteiger partial charge in [-0.1, -0.05) is 60.5 Å². The number of carbonyl (C=O) groups excluding carboxylic acids is 5. The maximum absolute atomic E-state index is 14.3. The number of benzene rings is 1. The van der Waals surface area contributed by atoms with Crippen LogP contribution in [0.4, 0.5) is 0 Å². The van der Waals surface area contributed by atoms with Crippen LogP contribution in [-0.2, 0) is 32.0 Å². The third kappa shape index (κ3) is 3.60. The van der Waals surface area contributed by atoms with Crippen LogP contribution < -0.4 is 0 Å². The number of aliphatic hydroxyl groups is 1. The van der Waals surface area contributed by atoms with Gasteiger partial charge in [-0.05, 0) is 60.6 Å². The maximum Gasteiger partial charge on any atom is 0.190 e. The van der Waals surface area contributed by atoms with E-state index in [0.29, 0.717) is 17.9 Å². The number of hydrogen-bond acceptors (Lipinski definition) is 7. The Morgan fingerprint density at radius 2 is 1.66 bits per heavy atom. The van der Waals surface area contributed by atoms with E-state index in [4.69, 9.17) is 0 Å². The second kappa shape index (κ2) is 9.22. The highest BCUT2D eigenvalue weighted by Gasteiger charge is 2.76. The number of hydrogen-bond donors (Lipinski definition) is 2. The molecule has 206 valence electrons. The predicted octanol–water partition coefficient (Wildman–Crippen LogP) is 4.07. The number of carbonyl (C=O) groups is 5. The summed E-state index contributed by atoms with van der Waals surface area (Å²) in [6, 6.07) is 3.32. The molecular formula is C31H40O7. The number of phenols is 1. The van der Waals surface area contributed by atoms with Crippen LogP contribution in [0.25, 0.3) is 0 Å². The lowest BCUT2D eigenvalue weighted by Crippen LogP contribution is -2.76. The van der Waals surface area contributed by atoms with Crippen LogP contribution in [0.5, 0.6) is 5.75 Å². The fourth-order valence-corrected chi connectivity index (χ4v) is 8.28. The Kier molecular flexibility index (Phi) is 6.87. The molecule has 1 aromatic rings. The maximum atomic E-state index is 14.3. The molecular weight excluding hydrogens is 484 g/mol. The Morgan fingerprint density at radius 3 is 2.18 bits per heavy atom. The molecule has 0 amide bonds. The molecule has 0 spiro atoms. The number of fused-ring (bicyclic) bond motifs is 3. The van der Waals surface area contributed by atoms with Gasteiger partial charge in [-0.15, -0.1) is 0 Å². The molecule has 0 aromatic heterocycles. The van der Waals surface area contributed by atoms with Gasteiger partial charge in [0, 0.05) is 11.3 Å². The summed E-state index contributed by atoms with van der Waals surface area (Å²) >= 11 is 0. The predicted molar refractivity (Wildman–Crippen MR) is 141 cm³/mol. The number of rotatable bonds is 6. The monoisotopic (exact) mass is 524 g/mol. The Balaban J connectivity index is 1.94. The van der Waals surface area contributed by atoms with E-state index in [1.807, 2.05) is 13.0 Å². The molecule has 0 saturated heterocycles. The summed E-state index contributed by atoms with van der Waals surface area (Å²) in [5.41, 5.74) is -3.40. The van der Waals surface area contributed by atoms with Crippen molar-refractivity contribution in [2.24, 2.45) is 40.4 Å². The molecule has 0 heterocycles. The standard InChI is InChI=1S/C31H40O7/c1-8-17(9-2)12-18-10-11-20(33)22-19(18)13-29(6)14-30(7)23(15(3)4)25(34)21(16(5)32)27(36)31(30,38)28(37)24(29)26(22)35/h10-11,15,17,21,23-24,33,38H,8-9,12-14H2,1-7H3/t21?,23?,24?,29-,30-,31+/m1/s1. The van der Waals surface area contributed by atoms with Crippen molar-refractivity contribution in [3.8, 4) is 5.75 Å². The van der Waals surface area contributed by atoms with E-state index in [2.05, 4.69) is 13.8 Å². The van der Waals surface area contributed by atoms with E-state index in [9.17, 15) is 34.2 Å². The molecule has 0 aliphatic heterocycles. The van der Waals surface area contributed by atoms with Gasteiger partial charge < -0.3 is 10.2 Å². The average Bonchev–Trinajstić information content (AvgIpc) is 2.80. The van der Waals surface area contributed by atoms with Gasteiger partial charge in [0.2, 0.25) is 0 Å². The first-order chi connectivity index (χ1) is 17.6. The van der Waals surface area contributed by atoms with Crippen LogP contribution in [0.2, 0.25) is 0 Å². The summed E-state index contributed by atoms with van der Waals surface area (Å²) in [7, 11) is 0. The third-order valence-electron chi connectivity index (χ3n) is 10.0. The Labute approximate surface area is 224 Å². The minimum absolute atomic E-state index is 0.0725. The lowest BCUT2D eigenvalue weighted by atomic mass is 9.40. The normalized spacial score (nSPS) is 34.8. The summed E-state index contributed by atoms with van der Waals surface area (Å²) in [4.78, 5) is 68.0. The van der Waals surface area contributed by atoms with Gasteiger partial charge in [-0.25, -0.2) is 0 Å². The van der Waals surface area contributed by atoms with Crippen LogP contribution in [0, 0.1) is 40.4 Å². The van der Waals surface area contributed by atoms with Gasteiger partial charge in [0.25, 0.3) is 0 Å². The van der Waals surface area contributed by atoms with Crippen molar-refractivity contribution in [2.45, 2.75) is 86.2 Å². The molecule has 7 nitrogen and oxygen atoms in total. The first-order valence-electron chi connectivity index (χ1n) is 13.8. The first-order valence-corrected chi connectivity index (χ1v) is 13.8. The largest absolute Gasteiger partial charge is 0.507 e. The minimum Gasteiger partial charge on any atom is -0.507 e. The van der Waals surface area contributed by atoms with Gasteiger partial charge in [0.1, 0.15) is 17.5 Å². The zero-order valence-electron chi connectivity index (χ0n) is 23.5. The third-order valence-corrected chi connectivity index (χ3v) is 10.0. The molecule has 6 atom stereocenters. The summed E-state index contributed by atoms with van der Waals surface area (Å²) in [5.74, 6) is -8.19. The minimum atomic E-state index is -2.66. The smallest absolute Gasteiger partial charge is 0.190 e. The molecule has 4 rings (SSSR count). The molecule has 3 aliphatic carbocycles. The van der Waals surface area contributed by atoms with E-state index in [1.54, 1.807) is 20.8 Å². The molecule has 7 heteroatoms. The Bertz CT molecular complexity index is 1240. The second-order valence-electron chi connectivity index (χ2n) is 12.8. The molecule has 1 aromatic carbocycles. The number of Topliss-reactive ketones (excluding diaryl/α,β-unsaturated/α-hetero) is 5. The van der Waals surface area contributed by atoms with Crippen molar-refractivity contribution >= 4 is 28.9 Å². The van der Waals surface area contributed by atoms with Crippen LogP contribution in [0.3, 0.4) is 0 Å². The molecule has 0 radical (unpaired) electrons. The van der Waals surface area contributed by atoms with Crippen LogP contribution >= 0.6 is 0 Å². The number of phenolic OH excluding ortho intramolecular Hbond substituents is 1. The van der Waals surface area contributed by atoms with E-state index in [0.717, 1.165) is 31.7 Å². The van der Waals surface area contributed by atoms with Crippen molar-refractivity contribution in [3.05, 3.63) is 28.8 Å². The van der Waals surface area contributed by atoms with Crippen molar-refractivity contribution in [1.29, 1.82) is 0 Å². The first kappa shape index (κ1) is 28.3. The SMILES string of the molecule is CCC(CC)Cc1ccc(O)c2c1C[C@]1(C)C[C@]3(C)C(C(C)C)C(=O)C(C(C)=O)C(=O)[C@]3(O)C(=O)C1C2=O. The second-order valence-corrected chi connectivity index (χ2v) is 12.8. The fourth-order valence-electron chi connectivity index (χ4n) is 8.28. The van der Waals surface area contributed by atoms with Crippen LogP contribution in [0.1, 0.15) is 89.2 Å². The van der Waals surface area contributed by atoms with Gasteiger partial charge in [0.05, 0.1) is 11.5 Å². The van der Waals surface area contributed by atoms with Crippen LogP contribution in [0.15, 0.2) is 12.1 Å². The topological polar surface area (TPSA) is 126 Å². The highest BCUT2D eigenvalue weighted by atomic mass is 16.3. The van der Waals surface area contributed by atoms with Crippen molar-refractivity contribution < 1.29 is 34.2 Å². The number of ketones is 5. The van der Waals surface area contributed by atoms with E-state index in [-0.39, 0.29) is 23.7 Å². The molecule has 0 bridgehead atoms. The zero-order valence-corrected chi connectivity index (χ0v) is 23.5. The summed E-state index contributed by atoms with van der Waals surface area (Å²) in [6.45, 7) is 12.3. The molecule has 3 unspecified atom stereocenters. The van der Waals surface area contributed by atoms with Gasteiger partial charge in [0.15, 0.2) is 28.7 Å². The molecule has 38 heavy (non-hydrogen) atoms. The van der Waals surface area contributed by atoms with Gasteiger partial charge in [-0.2, -0.15) is 0 Å². The molecule has 2 fully saturated rings. The van der Waals surface area contributed by atoms with E-state index < -0.39 is 63.1 Å². The molecule has 2 N–H and O–H groups in total. The van der Waals surface area contributed by atoms with E-state index in [1.165, 1.54) is 6.07 Å². The van der Waals surface area contributed by atoms with E-state index >= 15 is 0 Å². The van der Waals surface area contributed by atoms with Gasteiger partial charge >= 0.3 is 0 Å². The Hall–Kier alpha value is -2.67. The van der Waals surface area contributed by atoms with Crippen molar-refractivity contribution in [3.63, 3.8) is 0 Å². The fraction of sp³-hybridized carbons (Fsp3) is 0.645. The zero-order chi connectivity index (χ0) is 28.5. The highest BCUT2D eigenvalue weighted by Crippen LogP contribution is 2.63. The lowest BCUT2D eigenvalue weighted by Gasteiger charge is -2.62. The average molecular weight is 525 g/mol. The van der Waals surface area contributed by atoms with Gasteiger partial charge in [-0.3, -0.25) is 24.0 Å². The molecule has 3 aliphatic rings. The quantitative estimate of drug-likeness (QED) is 0.537. The lowest BCUT2D eigenvalue weighted by molar-refractivity contribution is -0.205. The molecule has 2 saturated carbocycles. The van der Waals surface area contributed by atoms with Crippen molar-refractivity contribution in [1.82, 2.24) is 0 Å². The summed E-state index contributed by atoms with van der Waals surface area (Å²) in [6.07, 6.45) is 3.01. The van der Waals surface area contributed by atoms with Crippen LogP contribution in [-0.4, -0.2) is 44.7 Å². The Morgan fingerprint density at radius 1 is 1.05 bits per heavy atom. The number of aromatic hydroxyl groups is 1. The summed E-state index contributed by atoms with van der Waals surface area (Å²) in [5, 5.41) is 22.8. The summed E-state index contributed by atoms with van der Waals surface area (Å²) < 4.78 is 0.